The molecule has 3 rings (SSSR count). The highest BCUT2D eigenvalue weighted by Gasteiger charge is 2.47. The molecule has 0 aliphatic carbocycles. The Bertz CT molecular complexity index is 565. The molecule has 0 spiro atoms. The van der Waals surface area contributed by atoms with Crippen molar-refractivity contribution in [1.82, 2.24) is 14.8 Å². The summed E-state index contributed by atoms with van der Waals surface area (Å²) < 4.78 is 0. The lowest BCUT2D eigenvalue weighted by Gasteiger charge is -2.53. The van der Waals surface area contributed by atoms with Gasteiger partial charge in [-0.05, 0) is 45.0 Å². The summed E-state index contributed by atoms with van der Waals surface area (Å²) in [5.74, 6) is -0.313. The van der Waals surface area contributed by atoms with E-state index in [1.54, 1.807) is 11.0 Å². The summed E-state index contributed by atoms with van der Waals surface area (Å²) >= 11 is 0. The van der Waals surface area contributed by atoms with Crippen molar-refractivity contribution < 1.29 is 15.0 Å². The molecule has 120 valence electrons. The number of fused-ring (bicyclic) bond motifs is 1. The van der Waals surface area contributed by atoms with Crippen LogP contribution >= 0.6 is 0 Å². The summed E-state index contributed by atoms with van der Waals surface area (Å²) in [6.45, 7) is 2.33. The zero-order valence-corrected chi connectivity index (χ0v) is 12.9. The van der Waals surface area contributed by atoms with Gasteiger partial charge >= 0.3 is 0 Å². The Labute approximate surface area is 130 Å². The standard InChI is InChI=1S/C16H23N3O3/c1-18-8-3-5-16(11-20)6-9-19(10-13(16)18)15(22)14-12(21)4-2-7-17-14/h2,4,7,13,20-21H,3,5-6,8-11H2,1H3/t13-,16-/m1/s1. The number of nitrogens with zero attached hydrogens (tertiary/aromatic N) is 3. The minimum Gasteiger partial charge on any atom is -0.505 e. The lowest BCUT2D eigenvalue weighted by molar-refractivity contribution is -0.0602. The maximum Gasteiger partial charge on any atom is 0.276 e. The van der Waals surface area contributed by atoms with Crippen LogP contribution in [-0.2, 0) is 0 Å². The first-order valence-electron chi connectivity index (χ1n) is 7.82. The van der Waals surface area contributed by atoms with Crippen molar-refractivity contribution in [1.29, 1.82) is 0 Å². The molecule has 2 saturated heterocycles. The van der Waals surface area contributed by atoms with Crippen LogP contribution < -0.4 is 0 Å². The number of pyridine rings is 1. The van der Waals surface area contributed by atoms with Gasteiger partial charge in [0.15, 0.2) is 5.69 Å². The molecule has 2 aliphatic rings. The van der Waals surface area contributed by atoms with E-state index in [0.29, 0.717) is 13.1 Å². The highest BCUT2D eigenvalue weighted by molar-refractivity contribution is 5.94. The Hall–Kier alpha value is -1.66. The van der Waals surface area contributed by atoms with Gasteiger partial charge in [0.1, 0.15) is 5.75 Å². The summed E-state index contributed by atoms with van der Waals surface area (Å²) in [6.07, 6.45) is 4.40. The fourth-order valence-corrected chi connectivity index (χ4v) is 3.91. The van der Waals surface area contributed by atoms with Crippen LogP contribution in [0.4, 0.5) is 0 Å². The second-order valence-electron chi connectivity index (χ2n) is 6.49. The molecular weight excluding hydrogens is 282 g/mol. The zero-order valence-electron chi connectivity index (χ0n) is 12.9. The molecule has 1 amide bonds. The Morgan fingerprint density at radius 1 is 1.45 bits per heavy atom. The minimum atomic E-state index is -0.233. The van der Waals surface area contributed by atoms with E-state index in [9.17, 15) is 15.0 Å². The zero-order chi connectivity index (χ0) is 15.7. The van der Waals surface area contributed by atoms with Crippen LogP contribution in [0.5, 0.6) is 5.75 Å². The number of piperidine rings is 2. The summed E-state index contributed by atoms with van der Waals surface area (Å²) in [5.41, 5.74) is 0.00751. The first kappa shape index (κ1) is 15.2. The Morgan fingerprint density at radius 2 is 2.27 bits per heavy atom. The maximum atomic E-state index is 12.6. The molecule has 1 aromatic heterocycles. The van der Waals surface area contributed by atoms with Crippen molar-refractivity contribution in [3.63, 3.8) is 0 Å². The molecule has 0 unspecified atom stereocenters. The molecule has 0 saturated carbocycles. The number of likely N-dealkylation sites (N-methyl/N-ethyl adjacent to an activating group) is 1. The summed E-state index contributed by atoms with van der Waals surface area (Å²) in [4.78, 5) is 20.6. The van der Waals surface area contributed by atoms with Gasteiger partial charge in [-0.2, -0.15) is 0 Å². The molecule has 22 heavy (non-hydrogen) atoms. The van der Waals surface area contributed by atoms with Crippen molar-refractivity contribution in [2.75, 3.05) is 33.3 Å². The van der Waals surface area contributed by atoms with Crippen LogP contribution in [0.2, 0.25) is 0 Å². The third-order valence-corrected chi connectivity index (χ3v) is 5.29. The number of aliphatic hydroxyl groups is 1. The number of hydrogen-bond acceptors (Lipinski definition) is 5. The maximum absolute atomic E-state index is 12.6. The second-order valence-corrected chi connectivity index (χ2v) is 6.49. The molecular formula is C16H23N3O3. The topological polar surface area (TPSA) is 76.9 Å². The second kappa shape index (κ2) is 5.85. The minimum absolute atomic E-state index is 0.0801. The third kappa shape index (κ3) is 2.46. The number of aromatic hydroxyl groups is 1. The molecule has 0 radical (unpaired) electrons. The summed E-state index contributed by atoms with van der Waals surface area (Å²) in [5, 5.41) is 19.7. The van der Waals surface area contributed by atoms with Gasteiger partial charge in [-0.15, -0.1) is 0 Å². The average Bonchev–Trinajstić information content (AvgIpc) is 2.55. The van der Waals surface area contributed by atoms with Gasteiger partial charge in [-0.1, -0.05) is 0 Å². The summed E-state index contributed by atoms with van der Waals surface area (Å²) in [6, 6.07) is 3.25. The van der Waals surface area contributed by atoms with E-state index < -0.39 is 0 Å². The first-order chi connectivity index (χ1) is 10.6. The Morgan fingerprint density at radius 3 is 3.00 bits per heavy atom. The SMILES string of the molecule is CN1CCC[C@]2(CO)CCN(C(=O)c3ncccc3O)C[C@@H]12. The predicted molar refractivity (Wildman–Crippen MR) is 81.6 cm³/mol. The molecule has 2 fully saturated rings. The lowest BCUT2D eigenvalue weighted by Crippen LogP contribution is -2.62. The number of amides is 1. The smallest absolute Gasteiger partial charge is 0.276 e. The molecule has 0 aromatic carbocycles. The number of likely N-dealkylation sites (tertiary alicyclic amines) is 2. The molecule has 2 N–H and O–H groups in total. The molecule has 6 heteroatoms. The number of aromatic nitrogens is 1. The highest BCUT2D eigenvalue weighted by Crippen LogP contribution is 2.41. The Kier molecular flexibility index (Phi) is 4.06. The normalized spacial score (nSPS) is 29.2. The van der Waals surface area contributed by atoms with Gasteiger partial charge in [0.25, 0.3) is 5.91 Å². The third-order valence-electron chi connectivity index (χ3n) is 5.29. The number of carbonyl (C=O) groups excluding carboxylic acids is 1. The van der Waals surface area contributed by atoms with Crippen molar-refractivity contribution in [2.45, 2.75) is 25.3 Å². The van der Waals surface area contributed by atoms with Crippen molar-refractivity contribution in [3.8, 4) is 5.75 Å². The van der Waals surface area contributed by atoms with Gasteiger partial charge < -0.3 is 20.0 Å². The van der Waals surface area contributed by atoms with E-state index in [0.717, 1.165) is 25.8 Å². The van der Waals surface area contributed by atoms with Crippen LogP contribution in [0, 0.1) is 5.41 Å². The average molecular weight is 305 g/mol. The fraction of sp³-hybridized carbons (Fsp3) is 0.625. The van der Waals surface area contributed by atoms with Crippen molar-refractivity contribution in [3.05, 3.63) is 24.0 Å². The van der Waals surface area contributed by atoms with E-state index >= 15 is 0 Å². The van der Waals surface area contributed by atoms with Crippen LogP contribution in [0.1, 0.15) is 29.8 Å². The predicted octanol–water partition coefficient (Wildman–Crippen LogP) is 0.706. The van der Waals surface area contributed by atoms with Gasteiger partial charge in [0.2, 0.25) is 0 Å². The first-order valence-corrected chi connectivity index (χ1v) is 7.82. The molecule has 3 heterocycles. The van der Waals surface area contributed by atoms with Crippen LogP contribution in [-0.4, -0.2) is 70.2 Å². The number of hydrogen-bond donors (Lipinski definition) is 2. The quantitative estimate of drug-likeness (QED) is 0.841. The van der Waals surface area contributed by atoms with E-state index in [-0.39, 0.29) is 35.4 Å². The number of rotatable bonds is 2. The highest BCUT2D eigenvalue weighted by atomic mass is 16.3. The monoisotopic (exact) mass is 305 g/mol. The number of aliphatic hydroxyl groups excluding tert-OH is 1. The van der Waals surface area contributed by atoms with Gasteiger partial charge in [-0.25, -0.2) is 4.98 Å². The molecule has 2 aliphatic heterocycles. The summed E-state index contributed by atoms with van der Waals surface area (Å²) in [7, 11) is 2.06. The van der Waals surface area contributed by atoms with Crippen LogP contribution in [0.25, 0.3) is 0 Å². The Balaban J connectivity index is 1.81. The van der Waals surface area contributed by atoms with Crippen molar-refractivity contribution >= 4 is 5.91 Å². The van der Waals surface area contributed by atoms with E-state index in [1.165, 1.54) is 12.3 Å². The fourth-order valence-electron chi connectivity index (χ4n) is 3.91. The van der Waals surface area contributed by atoms with Gasteiger partial charge in [-0.3, -0.25) is 4.79 Å². The largest absolute Gasteiger partial charge is 0.505 e. The van der Waals surface area contributed by atoms with Gasteiger partial charge in [0.05, 0.1) is 6.61 Å². The molecule has 0 bridgehead atoms. The number of carbonyl (C=O) groups is 1. The van der Waals surface area contributed by atoms with E-state index in [4.69, 9.17) is 0 Å². The molecule has 1 aromatic rings. The van der Waals surface area contributed by atoms with Crippen molar-refractivity contribution in [2.24, 2.45) is 5.41 Å². The van der Waals surface area contributed by atoms with Crippen LogP contribution in [0.15, 0.2) is 18.3 Å². The molecule has 6 nitrogen and oxygen atoms in total. The van der Waals surface area contributed by atoms with E-state index in [2.05, 4.69) is 16.9 Å². The molecule has 2 atom stereocenters. The lowest BCUT2D eigenvalue weighted by atomic mass is 9.69. The van der Waals surface area contributed by atoms with Gasteiger partial charge in [0, 0.05) is 30.7 Å². The van der Waals surface area contributed by atoms with Crippen LogP contribution in [0.3, 0.4) is 0 Å². The van der Waals surface area contributed by atoms with E-state index in [1.807, 2.05) is 0 Å².